The Hall–Kier alpha value is -2.33. The van der Waals surface area contributed by atoms with Crippen molar-refractivity contribution in [2.45, 2.75) is 24.6 Å². The predicted octanol–water partition coefficient (Wildman–Crippen LogP) is 6.90. The number of nitrogens with zero attached hydrogens (tertiary/aromatic N) is 3. The van der Waals surface area contributed by atoms with Crippen LogP contribution in [0.25, 0.3) is 0 Å². The SMILES string of the molecule is CSc1ncc(Br)c(C(=O)CCCN(Nc2c(Cl)cccc2Cl)C(=O)OCc2ccccc2)n1. The molecule has 3 aromatic rings. The summed E-state index contributed by atoms with van der Waals surface area (Å²) in [5.74, 6) is -0.169. The Morgan fingerprint density at radius 2 is 1.82 bits per heavy atom. The lowest BCUT2D eigenvalue weighted by Gasteiger charge is -2.25. The fourth-order valence-electron chi connectivity index (χ4n) is 2.89. The Morgan fingerprint density at radius 1 is 1.12 bits per heavy atom. The number of carbonyl (C=O) groups excluding carboxylic acids is 2. The maximum atomic E-state index is 12.9. The van der Waals surface area contributed by atoms with Crippen molar-refractivity contribution in [1.82, 2.24) is 15.0 Å². The molecule has 1 heterocycles. The Balaban J connectivity index is 1.69. The van der Waals surface area contributed by atoms with E-state index < -0.39 is 6.09 Å². The van der Waals surface area contributed by atoms with E-state index in [1.165, 1.54) is 16.8 Å². The van der Waals surface area contributed by atoms with E-state index in [-0.39, 0.29) is 25.4 Å². The van der Waals surface area contributed by atoms with Gasteiger partial charge in [-0.3, -0.25) is 10.2 Å². The Bertz CT molecular complexity index is 1130. The lowest BCUT2D eigenvalue weighted by molar-refractivity contribution is 0.0940. The zero-order chi connectivity index (χ0) is 24.5. The normalized spacial score (nSPS) is 10.6. The van der Waals surface area contributed by atoms with Gasteiger partial charge < -0.3 is 4.74 Å². The molecule has 1 N–H and O–H groups in total. The number of hydrogen-bond donors (Lipinski definition) is 1. The number of nitrogens with one attached hydrogen (secondary N) is 1. The third kappa shape index (κ3) is 7.33. The molecule has 2 aromatic carbocycles. The molecule has 0 saturated carbocycles. The molecule has 11 heteroatoms. The van der Waals surface area contributed by atoms with E-state index in [9.17, 15) is 9.59 Å². The van der Waals surface area contributed by atoms with Gasteiger partial charge in [-0.05, 0) is 46.3 Å². The van der Waals surface area contributed by atoms with Crippen molar-refractivity contribution < 1.29 is 14.3 Å². The van der Waals surface area contributed by atoms with Gasteiger partial charge in [0.2, 0.25) is 0 Å². The molecule has 34 heavy (non-hydrogen) atoms. The number of anilines is 1. The van der Waals surface area contributed by atoms with Crippen LogP contribution >= 0.6 is 50.9 Å². The van der Waals surface area contributed by atoms with Crippen LogP contribution in [0.4, 0.5) is 10.5 Å². The lowest BCUT2D eigenvalue weighted by Crippen LogP contribution is -2.38. The molecule has 0 aliphatic heterocycles. The number of halogens is 3. The van der Waals surface area contributed by atoms with Crippen molar-refractivity contribution in [3.05, 3.63) is 80.5 Å². The van der Waals surface area contributed by atoms with Crippen molar-refractivity contribution in [2.75, 3.05) is 18.2 Å². The standard InChI is InChI=1S/C23H21BrCl2N4O3S/c1-34-22-27-13-16(24)20(28-22)19(31)11-6-12-30(29-21-17(25)9-5-10-18(21)26)23(32)33-14-15-7-3-2-4-8-15/h2-5,7-10,13,29H,6,11-12,14H2,1H3. The first kappa shape index (κ1) is 26.3. The second kappa shape index (κ2) is 12.9. The number of amides is 1. The fraction of sp³-hybridized carbons (Fsp3) is 0.217. The summed E-state index contributed by atoms with van der Waals surface area (Å²) in [7, 11) is 0. The van der Waals surface area contributed by atoms with Gasteiger partial charge in [0.15, 0.2) is 10.9 Å². The molecular formula is C23H21BrCl2N4O3S. The maximum absolute atomic E-state index is 12.9. The van der Waals surface area contributed by atoms with Crippen molar-refractivity contribution >= 4 is 68.5 Å². The second-order valence-electron chi connectivity index (χ2n) is 6.98. The zero-order valence-corrected chi connectivity index (χ0v) is 22.0. The average molecular weight is 584 g/mol. The first-order valence-electron chi connectivity index (χ1n) is 10.2. The van der Waals surface area contributed by atoms with E-state index in [0.29, 0.717) is 37.5 Å². The van der Waals surface area contributed by atoms with Gasteiger partial charge in [0.25, 0.3) is 0 Å². The zero-order valence-electron chi connectivity index (χ0n) is 18.1. The molecule has 0 unspecified atom stereocenters. The number of thioether (sulfide) groups is 1. The molecule has 0 spiro atoms. The van der Waals surface area contributed by atoms with Crippen molar-refractivity contribution in [2.24, 2.45) is 0 Å². The fourth-order valence-corrected chi connectivity index (χ4v) is 4.13. The summed E-state index contributed by atoms with van der Waals surface area (Å²) in [6, 6.07) is 14.3. The molecule has 7 nitrogen and oxygen atoms in total. The minimum Gasteiger partial charge on any atom is -0.443 e. The molecule has 0 fully saturated rings. The number of rotatable bonds is 10. The molecular weight excluding hydrogens is 563 g/mol. The van der Waals surface area contributed by atoms with Crippen molar-refractivity contribution in [1.29, 1.82) is 0 Å². The van der Waals surface area contributed by atoms with E-state index >= 15 is 0 Å². The monoisotopic (exact) mass is 582 g/mol. The van der Waals surface area contributed by atoms with Crippen LogP contribution < -0.4 is 5.43 Å². The number of carbonyl (C=O) groups is 2. The highest BCUT2D eigenvalue weighted by Crippen LogP contribution is 2.30. The molecule has 0 bridgehead atoms. The predicted molar refractivity (Wildman–Crippen MR) is 138 cm³/mol. The van der Waals surface area contributed by atoms with Gasteiger partial charge in [-0.15, -0.1) is 0 Å². The molecule has 1 amide bonds. The van der Waals surface area contributed by atoms with Crippen LogP contribution in [0.15, 0.2) is 64.4 Å². The van der Waals surface area contributed by atoms with Gasteiger partial charge in [-0.25, -0.2) is 19.8 Å². The number of para-hydroxylation sites is 1. The van der Waals surface area contributed by atoms with Crippen molar-refractivity contribution in [3.63, 3.8) is 0 Å². The van der Waals surface area contributed by atoms with E-state index in [1.54, 1.807) is 24.4 Å². The Kier molecular flexibility index (Phi) is 10.0. The highest BCUT2D eigenvalue weighted by Gasteiger charge is 2.20. The highest BCUT2D eigenvalue weighted by atomic mass is 79.9. The Labute approximate surface area is 220 Å². The number of Topliss-reactive ketones (excluding diaryl/α,β-unsaturated/α-hetero) is 1. The molecule has 0 aliphatic carbocycles. The van der Waals surface area contributed by atoms with E-state index in [2.05, 4.69) is 31.3 Å². The largest absolute Gasteiger partial charge is 0.443 e. The van der Waals surface area contributed by atoms with Gasteiger partial charge in [-0.1, -0.05) is 71.4 Å². The minimum absolute atomic E-state index is 0.0956. The summed E-state index contributed by atoms with van der Waals surface area (Å²) < 4.78 is 5.98. The molecule has 0 atom stereocenters. The first-order chi connectivity index (χ1) is 16.4. The van der Waals surface area contributed by atoms with Gasteiger partial charge in [-0.2, -0.15) is 0 Å². The average Bonchev–Trinajstić information content (AvgIpc) is 2.84. The van der Waals surface area contributed by atoms with Crippen LogP contribution in [0.5, 0.6) is 0 Å². The number of hydrogen-bond acceptors (Lipinski definition) is 7. The van der Waals surface area contributed by atoms with Crippen LogP contribution in [-0.4, -0.2) is 39.7 Å². The summed E-state index contributed by atoms with van der Waals surface area (Å²) >= 11 is 17.2. The smallest absolute Gasteiger partial charge is 0.428 e. The molecule has 0 aliphatic rings. The Morgan fingerprint density at radius 3 is 2.50 bits per heavy atom. The number of ketones is 1. The van der Waals surface area contributed by atoms with Crippen LogP contribution in [0.2, 0.25) is 10.0 Å². The third-order valence-corrected chi connectivity index (χ3v) is 6.36. The summed E-state index contributed by atoms with van der Waals surface area (Å²) in [6.45, 7) is 0.261. The summed E-state index contributed by atoms with van der Waals surface area (Å²) in [6.07, 6.45) is 3.27. The second-order valence-corrected chi connectivity index (χ2v) is 9.42. The van der Waals surface area contributed by atoms with E-state index in [0.717, 1.165) is 5.56 Å². The summed E-state index contributed by atoms with van der Waals surface area (Å²) in [5.41, 5.74) is 4.46. The number of ether oxygens (including phenoxy) is 1. The van der Waals surface area contributed by atoms with Gasteiger partial charge in [0.1, 0.15) is 12.3 Å². The molecule has 3 rings (SSSR count). The summed E-state index contributed by atoms with van der Waals surface area (Å²) in [4.78, 5) is 34.0. The molecule has 0 radical (unpaired) electrons. The number of hydrazine groups is 1. The van der Waals surface area contributed by atoms with Crippen LogP contribution in [0.3, 0.4) is 0 Å². The molecule has 0 saturated heterocycles. The van der Waals surface area contributed by atoms with Gasteiger partial charge >= 0.3 is 6.09 Å². The van der Waals surface area contributed by atoms with Crippen LogP contribution in [0, 0.1) is 0 Å². The van der Waals surface area contributed by atoms with E-state index in [4.69, 9.17) is 27.9 Å². The number of aromatic nitrogens is 2. The number of benzene rings is 2. The topological polar surface area (TPSA) is 84.4 Å². The van der Waals surface area contributed by atoms with E-state index in [1.807, 2.05) is 36.6 Å². The van der Waals surface area contributed by atoms with Crippen LogP contribution in [0.1, 0.15) is 28.9 Å². The third-order valence-electron chi connectivity index (χ3n) is 4.59. The first-order valence-corrected chi connectivity index (χ1v) is 12.9. The molecule has 1 aromatic heterocycles. The highest BCUT2D eigenvalue weighted by molar-refractivity contribution is 9.10. The van der Waals surface area contributed by atoms with Gasteiger partial charge in [0, 0.05) is 19.2 Å². The molecule has 178 valence electrons. The quantitative estimate of drug-likeness (QED) is 0.120. The minimum atomic E-state index is -0.625. The maximum Gasteiger partial charge on any atom is 0.428 e. The summed E-state index contributed by atoms with van der Waals surface area (Å²) in [5, 5.41) is 2.46. The van der Waals surface area contributed by atoms with Crippen LogP contribution in [-0.2, 0) is 11.3 Å². The van der Waals surface area contributed by atoms with Crippen molar-refractivity contribution in [3.8, 4) is 0 Å². The van der Waals surface area contributed by atoms with Gasteiger partial charge in [0.05, 0.1) is 20.2 Å². The lowest BCUT2D eigenvalue weighted by atomic mass is 10.1.